The molecule has 0 saturated carbocycles. The normalized spacial score (nSPS) is 10.3. The maximum absolute atomic E-state index is 5.32. The van der Waals surface area contributed by atoms with Gasteiger partial charge in [0.15, 0.2) is 0 Å². The molecule has 78 valence electrons. The molecule has 0 atom stereocenters. The van der Waals surface area contributed by atoms with E-state index in [1.807, 2.05) is 47.7 Å². The van der Waals surface area contributed by atoms with Crippen LogP contribution in [0.1, 0.15) is 5.56 Å². The average molecular weight is 316 g/mol. The summed E-state index contributed by atoms with van der Waals surface area (Å²) in [5.74, 6) is 1.33. The second-order valence-corrected chi connectivity index (χ2v) is 3.97. The highest BCUT2D eigenvalue weighted by molar-refractivity contribution is 14.1. The number of nitrogens with zero attached hydrogens (tertiary/aromatic N) is 2. The van der Waals surface area contributed by atoms with Crippen LogP contribution in [-0.4, -0.2) is 17.3 Å². The Morgan fingerprint density at radius 3 is 2.73 bits per heavy atom. The van der Waals surface area contributed by atoms with Gasteiger partial charge in [-0.1, -0.05) is 6.07 Å². The zero-order valence-electron chi connectivity index (χ0n) is 8.32. The molecule has 0 amide bonds. The van der Waals surface area contributed by atoms with Gasteiger partial charge in [-0.3, -0.25) is 0 Å². The minimum absolute atomic E-state index is 0.512. The Kier molecular flexibility index (Phi) is 2.90. The van der Waals surface area contributed by atoms with Gasteiger partial charge in [-0.05, 0) is 24.6 Å². The molecule has 4 nitrogen and oxygen atoms in total. The van der Waals surface area contributed by atoms with Gasteiger partial charge >= 0.3 is 0 Å². The first-order valence-electron chi connectivity index (χ1n) is 4.34. The van der Waals surface area contributed by atoms with Gasteiger partial charge in [0, 0.05) is 28.2 Å². The maximum atomic E-state index is 5.32. The van der Waals surface area contributed by atoms with Gasteiger partial charge in [-0.15, -0.1) is 10.2 Å². The van der Waals surface area contributed by atoms with Gasteiger partial charge in [0.1, 0.15) is 5.75 Å². The van der Waals surface area contributed by atoms with Gasteiger partial charge in [0.05, 0.1) is 7.11 Å². The van der Waals surface area contributed by atoms with Gasteiger partial charge in [-0.25, -0.2) is 0 Å². The summed E-state index contributed by atoms with van der Waals surface area (Å²) in [6, 6.07) is 5.78. The first-order valence-corrected chi connectivity index (χ1v) is 5.42. The van der Waals surface area contributed by atoms with E-state index in [1.165, 1.54) is 0 Å². The van der Waals surface area contributed by atoms with Crippen molar-refractivity contribution in [2.45, 2.75) is 6.92 Å². The van der Waals surface area contributed by atoms with Crippen molar-refractivity contribution >= 4 is 22.6 Å². The number of methoxy groups -OCH3 is 1. The van der Waals surface area contributed by atoms with Gasteiger partial charge in [0.2, 0.25) is 5.89 Å². The van der Waals surface area contributed by atoms with E-state index in [1.54, 1.807) is 7.11 Å². The first-order chi connectivity index (χ1) is 7.20. The summed E-state index contributed by atoms with van der Waals surface area (Å²) in [4.78, 5) is 0. The quantitative estimate of drug-likeness (QED) is 0.799. The predicted octanol–water partition coefficient (Wildman–Crippen LogP) is 2.66. The molecule has 0 aliphatic heterocycles. The number of ether oxygens (including phenoxy) is 1. The lowest BCUT2D eigenvalue weighted by molar-refractivity contribution is 0.411. The molecule has 0 spiro atoms. The van der Waals surface area contributed by atoms with Crippen LogP contribution in [0.2, 0.25) is 0 Å². The number of aromatic nitrogens is 2. The Morgan fingerprint density at radius 2 is 2.13 bits per heavy atom. The lowest BCUT2D eigenvalue weighted by Gasteiger charge is -2.04. The molecule has 1 heterocycles. The fourth-order valence-corrected chi connectivity index (χ4v) is 1.59. The summed E-state index contributed by atoms with van der Waals surface area (Å²) in [7, 11) is 1.64. The van der Waals surface area contributed by atoms with Crippen molar-refractivity contribution in [2.24, 2.45) is 0 Å². The molecular weight excluding hydrogens is 307 g/mol. The van der Waals surface area contributed by atoms with Gasteiger partial charge < -0.3 is 9.15 Å². The van der Waals surface area contributed by atoms with E-state index < -0.39 is 0 Å². The number of hydrogen-bond donors (Lipinski definition) is 0. The molecule has 0 saturated heterocycles. The molecule has 0 fully saturated rings. The van der Waals surface area contributed by atoms with Crippen molar-refractivity contribution in [1.82, 2.24) is 10.2 Å². The number of halogens is 1. The third-order valence-corrected chi connectivity index (χ3v) is 2.49. The maximum Gasteiger partial charge on any atom is 0.278 e. The minimum Gasteiger partial charge on any atom is -0.496 e. The van der Waals surface area contributed by atoms with Crippen LogP contribution in [0.25, 0.3) is 11.5 Å². The molecule has 0 aliphatic carbocycles. The zero-order valence-corrected chi connectivity index (χ0v) is 10.5. The molecule has 0 N–H and O–H groups in total. The van der Waals surface area contributed by atoms with Crippen LogP contribution < -0.4 is 4.74 Å². The van der Waals surface area contributed by atoms with Crippen molar-refractivity contribution in [2.75, 3.05) is 7.11 Å². The summed E-state index contributed by atoms with van der Waals surface area (Å²) >= 11 is 1.98. The zero-order chi connectivity index (χ0) is 10.8. The number of hydrogen-bond acceptors (Lipinski definition) is 4. The van der Waals surface area contributed by atoms with E-state index in [0.29, 0.717) is 9.79 Å². The number of rotatable bonds is 2. The largest absolute Gasteiger partial charge is 0.496 e. The van der Waals surface area contributed by atoms with Crippen LogP contribution in [0.5, 0.6) is 5.75 Å². The second-order valence-electron chi connectivity index (χ2n) is 3.04. The highest BCUT2D eigenvalue weighted by Gasteiger charge is 2.08. The van der Waals surface area contributed by atoms with Crippen molar-refractivity contribution in [3.8, 4) is 17.2 Å². The molecule has 0 unspecified atom stereocenters. The third kappa shape index (κ3) is 2.11. The summed E-state index contributed by atoms with van der Waals surface area (Å²) in [5, 5.41) is 7.71. The summed E-state index contributed by atoms with van der Waals surface area (Å²) < 4.78 is 11.1. The molecule has 0 aliphatic rings. The van der Waals surface area contributed by atoms with Crippen LogP contribution in [0.3, 0.4) is 0 Å². The SMILES string of the molecule is COc1cc(-c2nnc(I)o2)ccc1C. The van der Waals surface area contributed by atoms with Crippen molar-refractivity contribution in [1.29, 1.82) is 0 Å². The van der Waals surface area contributed by atoms with Crippen LogP contribution in [0.4, 0.5) is 0 Å². The Balaban J connectivity index is 2.45. The van der Waals surface area contributed by atoms with E-state index in [0.717, 1.165) is 16.9 Å². The Bertz CT molecular complexity index is 482. The van der Waals surface area contributed by atoms with E-state index in [2.05, 4.69) is 10.2 Å². The van der Waals surface area contributed by atoms with E-state index in [4.69, 9.17) is 9.15 Å². The molecule has 1 aromatic heterocycles. The smallest absolute Gasteiger partial charge is 0.278 e. The van der Waals surface area contributed by atoms with Gasteiger partial charge in [-0.2, -0.15) is 0 Å². The fraction of sp³-hybridized carbons (Fsp3) is 0.200. The topological polar surface area (TPSA) is 48.2 Å². The predicted molar refractivity (Wildman–Crippen MR) is 63.7 cm³/mol. The van der Waals surface area contributed by atoms with Crippen LogP contribution in [-0.2, 0) is 0 Å². The molecule has 0 bridgehead atoms. The Labute approximate surface area is 101 Å². The Hall–Kier alpha value is -1.11. The highest BCUT2D eigenvalue weighted by Crippen LogP contribution is 2.25. The third-order valence-electron chi connectivity index (χ3n) is 2.06. The highest BCUT2D eigenvalue weighted by atomic mass is 127. The van der Waals surface area contributed by atoms with Crippen LogP contribution >= 0.6 is 22.6 Å². The molecule has 1 aromatic carbocycles. The van der Waals surface area contributed by atoms with Gasteiger partial charge in [0.25, 0.3) is 3.90 Å². The lowest BCUT2D eigenvalue weighted by Crippen LogP contribution is -1.88. The number of aryl methyl sites for hydroxylation is 1. The lowest BCUT2D eigenvalue weighted by atomic mass is 10.1. The fourth-order valence-electron chi connectivity index (χ4n) is 1.28. The molecular formula is C10H9IN2O2. The first kappa shape index (κ1) is 10.4. The van der Waals surface area contributed by atoms with Crippen molar-refractivity contribution < 1.29 is 9.15 Å². The second kappa shape index (κ2) is 4.18. The van der Waals surface area contributed by atoms with Crippen LogP contribution in [0, 0.1) is 10.8 Å². The van der Waals surface area contributed by atoms with Crippen molar-refractivity contribution in [3.63, 3.8) is 0 Å². The monoisotopic (exact) mass is 316 g/mol. The van der Waals surface area contributed by atoms with E-state index in [-0.39, 0.29) is 0 Å². The van der Waals surface area contributed by atoms with E-state index in [9.17, 15) is 0 Å². The number of benzene rings is 1. The average Bonchev–Trinajstić information content (AvgIpc) is 2.66. The minimum atomic E-state index is 0.512. The Morgan fingerprint density at radius 1 is 1.33 bits per heavy atom. The standard InChI is InChI=1S/C10H9IN2O2/c1-6-3-4-7(5-8(6)14-2)9-12-13-10(11)15-9/h3-5H,1-2H3. The summed E-state index contributed by atoms with van der Waals surface area (Å²) in [6.45, 7) is 1.99. The molecule has 15 heavy (non-hydrogen) atoms. The van der Waals surface area contributed by atoms with E-state index >= 15 is 0 Å². The summed E-state index contributed by atoms with van der Waals surface area (Å²) in [5.41, 5.74) is 1.95. The molecule has 2 rings (SSSR count). The molecule has 0 radical (unpaired) electrons. The molecule has 2 aromatic rings. The van der Waals surface area contributed by atoms with Crippen LogP contribution in [0.15, 0.2) is 22.6 Å². The van der Waals surface area contributed by atoms with Crippen molar-refractivity contribution in [3.05, 3.63) is 27.7 Å². The summed E-state index contributed by atoms with van der Waals surface area (Å²) in [6.07, 6.45) is 0. The molecule has 5 heteroatoms.